The predicted molar refractivity (Wildman–Crippen MR) is 100 cm³/mol. The molecule has 0 unspecified atom stereocenters. The number of amides is 1. The lowest BCUT2D eigenvalue weighted by molar-refractivity contribution is -0.143. The Kier molecular flexibility index (Phi) is 7.86. The molecule has 0 aliphatic heterocycles. The molecule has 0 aliphatic rings. The number of carbonyl (C=O) groups excluding carboxylic acids is 2. The van der Waals surface area contributed by atoms with E-state index < -0.39 is 0 Å². The third kappa shape index (κ3) is 6.48. The van der Waals surface area contributed by atoms with Gasteiger partial charge in [-0.3, -0.25) is 9.59 Å². The van der Waals surface area contributed by atoms with E-state index in [0.717, 1.165) is 5.56 Å². The molecule has 0 aliphatic carbocycles. The number of esters is 1. The van der Waals surface area contributed by atoms with Gasteiger partial charge >= 0.3 is 5.97 Å². The first-order valence-corrected chi connectivity index (χ1v) is 8.78. The van der Waals surface area contributed by atoms with E-state index in [0.29, 0.717) is 36.4 Å². The van der Waals surface area contributed by atoms with Gasteiger partial charge in [0.05, 0.1) is 18.2 Å². The summed E-state index contributed by atoms with van der Waals surface area (Å²) in [5.41, 5.74) is 1.82. The zero-order chi connectivity index (χ0) is 19.5. The number of benzene rings is 2. The van der Waals surface area contributed by atoms with Crippen LogP contribution in [0.25, 0.3) is 0 Å². The van der Waals surface area contributed by atoms with E-state index in [1.165, 1.54) is 0 Å². The molecule has 0 spiro atoms. The third-order valence-corrected chi connectivity index (χ3v) is 3.78. The Hall–Kier alpha value is -3.33. The van der Waals surface area contributed by atoms with E-state index in [1.807, 2.05) is 12.1 Å². The fourth-order valence-electron chi connectivity index (χ4n) is 2.41. The lowest BCUT2D eigenvalue weighted by Gasteiger charge is -2.10. The molecule has 0 atom stereocenters. The highest BCUT2D eigenvalue weighted by atomic mass is 16.5. The topological polar surface area (TPSA) is 88.4 Å². The van der Waals surface area contributed by atoms with E-state index in [4.69, 9.17) is 14.7 Å². The van der Waals surface area contributed by atoms with Crippen LogP contribution >= 0.6 is 0 Å². The molecule has 0 saturated carbocycles. The maximum atomic E-state index is 12.2. The Morgan fingerprint density at radius 2 is 1.96 bits per heavy atom. The van der Waals surface area contributed by atoms with Crippen molar-refractivity contribution in [1.29, 1.82) is 5.26 Å². The van der Waals surface area contributed by atoms with Gasteiger partial charge < -0.3 is 14.8 Å². The van der Waals surface area contributed by atoms with Crippen molar-refractivity contribution < 1.29 is 19.1 Å². The van der Waals surface area contributed by atoms with Crippen LogP contribution in [-0.2, 0) is 16.1 Å². The standard InChI is InChI=1S/C21H22N2O4/c1-2-26-20(24)11-6-12-23-21(25)16-9-5-10-19(13-16)27-15-18-8-4-3-7-17(18)14-22/h3-5,7-10,13H,2,6,11-12,15H2,1H3,(H,23,25). The molecule has 6 heteroatoms. The molecule has 6 nitrogen and oxygen atoms in total. The first-order chi connectivity index (χ1) is 13.1. The van der Waals surface area contributed by atoms with Gasteiger partial charge in [-0.2, -0.15) is 5.26 Å². The summed E-state index contributed by atoms with van der Waals surface area (Å²) in [6.45, 7) is 2.75. The van der Waals surface area contributed by atoms with E-state index >= 15 is 0 Å². The van der Waals surface area contributed by atoms with Gasteiger partial charge in [0.2, 0.25) is 0 Å². The minimum absolute atomic E-state index is 0.235. The number of rotatable bonds is 9. The van der Waals surface area contributed by atoms with Crippen LogP contribution < -0.4 is 10.1 Å². The molecule has 0 fully saturated rings. The second-order valence-electron chi connectivity index (χ2n) is 5.75. The summed E-state index contributed by atoms with van der Waals surface area (Å²) >= 11 is 0. The van der Waals surface area contributed by atoms with Crippen molar-refractivity contribution in [2.24, 2.45) is 0 Å². The minimum Gasteiger partial charge on any atom is -0.489 e. The summed E-state index contributed by atoms with van der Waals surface area (Å²) in [7, 11) is 0. The highest BCUT2D eigenvalue weighted by molar-refractivity contribution is 5.94. The highest BCUT2D eigenvalue weighted by Gasteiger charge is 2.08. The number of nitrogens with one attached hydrogen (secondary N) is 1. The van der Waals surface area contributed by atoms with Gasteiger partial charge in [0.1, 0.15) is 12.4 Å². The van der Waals surface area contributed by atoms with Gasteiger partial charge in [0.15, 0.2) is 0 Å². The smallest absolute Gasteiger partial charge is 0.305 e. The Bertz CT molecular complexity index is 827. The third-order valence-electron chi connectivity index (χ3n) is 3.78. The number of nitriles is 1. The molecule has 2 aromatic rings. The average molecular weight is 366 g/mol. The molecule has 27 heavy (non-hydrogen) atoms. The number of nitrogens with zero attached hydrogens (tertiary/aromatic N) is 1. The van der Waals surface area contributed by atoms with Gasteiger partial charge in [-0.25, -0.2) is 0 Å². The second kappa shape index (κ2) is 10.6. The summed E-state index contributed by atoms with van der Waals surface area (Å²) in [6.07, 6.45) is 0.793. The van der Waals surface area contributed by atoms with Gasteiger partial charge in [-0.05, 0) is 37.6 Å². The van der Waals surface area contributed by atoms with Crippen molar-refractivity contribution in [3.05, 3.63) is 65.2 Å². The zero-order valence-corrected chi connectivity index (χ0v) is 15.2. The molecule has 0 saturated heterocycles. The number of hydrogen-bond acceptors (Lipinski definition) is 5. The van der Waals surface area contributed by atoms with E-state index in [2.05, 4.69) is 11.4 Å². The summed E-state index contributed by atoms with van der Waals surface area (Å²) in [5, 5.41) is 11.9. The summed E-state index contributed by atoms with van der Waals surface area (Å²) in [6, 6.07) is 16.2. The van der Waals surface area contributed by atoms with Gasteiger partial charge in [0, 0.05) is 24.1 Å². The predicted octanol–water partition coefficient (Wildman–Crippen LogP) is 3.21. The van der Waals surface area contributed by atoms with E-state index in [-0.39, 0.29) is 24.9 Å². The largest absolute Gasteiger partial charge is 0.489 e. The lowest BCUT2D eigenvalue weighted by atomic mass is 10.1. The van der Waals surface area contributed by atoms with Gasteiger partial charge in [-0.1, -0.05) is 24.3 Å². The molecule has 140 valence electrons. The SMILES string of the molecule is CCOC(=O)CCCNC(=O)c1cccc(OCc2ccccc2C#N)c1. The molecule has 0 heterocycles. The summed E-state index contributed by atoms with van der Waals surface area (Å²) in [4.78, 5) is 23.5. The molecule has 0 bridgehead atoms. The molecular weight excluding hydrogens is 344 g/mol. The Morgan fingerprint density at radius 3 is 2.74 bits per heavy atom. The number of carbonyl (C=O) groups is 2. The maximum absolute atomic E-state index is 12.2. The molecule has 0 radical (unpaired) electrons. The van der Waals surface area contributed by atoms with E-state index in [9.17, 15) is 9.59 Å². The molecule has 1 amide bonds. The fraction of sp³-hybridized carbons (Fsp3) is 0.286. The Balaban J connectivity index is 1.86. The zero-order valence-electron chi connectivity index (χ0n) is 15.2. The molecular formula is C21H22N2O4. The average Bonchev–Trinajstić information content (AvgIpc) is 2.70. The van der Waals surface area contributed by atoms with Crippen LogP contribution in [0.5, 0.6) is 5.75 Å². The molecule has 0 aromatic heterocycles. The fourth-order valence-corrected chi connectivity index (χ4v) is 2.41. The molecule has 2 aromatic carbocycles. The minimum atomic E-state index is -0.264. The van der Waals surface area contributed by atoms with Crippen LogP contribution in [0.3, 0.4) is 0 Å². The normalized spacial score (nSPS) is 9.93. The second-order valence-corrected chi connectivity index (χ2v) is 5.75. The number of ether oxygens (including phenoxy) is 2. The van der Waals surface area contributed by atoms with Gasteiger partial charge in [-0.15, -0.1) is 0 Å². The van der Waals surface area contributed by atoms with Crippen LogP contribution in [-0.4, -0.2) is 25.0 Å². The summed E-state index contributed by atoms with van der Waals surface area (Å²) in [5.74, 6) is 0.0449. The monoisotopic (exact) mass is 366 g/mol. The Morgan fingerprint density at radius 1 is 1.15 bits per heavy atom. The van der Waals surface area contributed by atoms with Crippen molar-refractivity contribution in [3.8, 4) is 11.8 Å². The number of hydrogen-bond donors (Lipinski definition) is 1. The van der Waals surface area contributed by atoms with Crippen LogP contribution in [0.15, 0.2) is 48.5 Å². The van der Waals surface area contributed by atoms with Gasteiger partial charge in [0.25, 0.3) is 5.91 Å². The molecule has 2 rings (SSSR count). The van der Waals surface area contributed by atoms with Crippen molar-refractivity contribution in [2.45, 2.75) is 26.4 Å². The Labute approximate surface area is 158 Å². The molecule has 1 N–H and O–H groups in total. The quantitative estimate of drug-likeness (QED) is 0.544. The summed E-state index contributed by atoms with van der Waals surface area (Å²) < 4.78 is 10.6. The van der Waals surface area contributed by atoms with E-state index in [1.54, 1.807) is 43.3 Å². The van der Waals surface area contributed by atoms with Crippen molar-refractivity contribution in [1.82, 2.24) is 5.32 Å². The highest BCUT2D eigenvalue weighted by Crippen LogP contribution is 2.16. The van der Waals surface area contributed by atoms with Crippen LogP contribution in [0.4, 0.5) is 0 Å². The first kappa shape index (κ1) is 20.0. The van der Waals surface area contributed by atoms with Crippen molar-refractivity contribution in [2.75, 3.05) is 13.2 Å². The van der Waals surface area contributed by atoms with Crippen LogP contribution in [0.1, 0.15) is 41.3 Å². The maximum Gasteiger partial charge on any atom is 0.305 e. The van der Waals surface area contributed by atoms with Crippen molar-refractivity contribution >= 4 is 11.9 Å². The lowest BCUT2D eigenvalue weighted by Crippen LogP contribution is -2.25. The van der Waals surface area contributed by atoms with Crippen molar-refractivity contribution in [3.63, 3.8) is 0 Å². The first-order valence-electron chi connectivity index (χ1n) is 8.78. The van der Waals surface area contributed by atoms with Crippen LogP contribution in [0, 0.1) is 11.3 Å². The van der Waals surface area contributed by atoms with Crippen LogP contribution in [0.2, 0.25) is 0 Å².